The van der Waals surface area contributed by atoms with Crippen LogP contribution in [-0.2, 0) is 10.2 Å². The van der Waals surface area contributed by atoms with Crippen molar-refractivity contribution in [2.24, 2.45) is 5.92 Å². The van der Waals surface area contributed by atoms with E-state index in [1.807, 2.05) is 31.5 Å². The van der Waals surface area contributed by atoms with E-state index in [0.29, 0.717) is 24.7 Å². The number of nitrogens with one attached hydrogen (secondary N) is 2. The van der Waals surface area contributed by atoms with Crippen LogP contribution < -0.4 is 10.0 Å². The summed E-state index contributed by atoms with van der Waals surface area (Å²) in [5.41, 5.74) is 0.624. The van der Waals surface area contributed by atoms with Crippen molar-refractivity contribution < 1.29 is 8.42 Å². The molecule has 1 heterocycles. The SMILES string of the molecule is CNCC1CCN(S(=O)(=O)Nc2cccc(SC)c2)CC1. The van der Waals surface area contributed by atoms with E-state index < -0.39 is 10.2 Å². The maximum atomic E-state index is 12.4. The molecule has 21 heavy (non-hydrogen) atoms. The molecular formula is C14H23N3O2S2. The number of piperidine rings is 1. The Kier molecular flexibility index (Phi) is 5.92. The normalized spacial score (nSPS) is 17.8. The van der Waals surface area contributed by atoms with E-state index in [9.17, 15) is 8.42 Å². The van der Waals surface area contributed by atoms with E-state index in [1.54, 1.807) is 22.1 Å². The van der Waals surface area contributed by atoms with Gasteiger partial charge in [-0.2, -0.15) is 12.7 Å². The fourth-order valence-corrected chi connectivity index (χ4v) is 4.25. The molecule has 0 aliphatic carbocycles. The fraction of sp³-hybridized carbons (Fsp3) is 0.571. The van der Waals surface area contributed by atoms with Crippen molar-refractivity contribution in [3.05, 3.63) is 24.3 Å². The first-order valence-electron chi connectivity index (χ1n) is 7.11. The minimum absolute atomic E-state index is 0.571. The topological polar surface area (TPSA) is 61.4 Å². The third-order valence-corrected chi connectivity index (χ3v) is 5.99. The molecule has 7 heteroatoms. The molecule has 0 saturated carbocycles. The summed E-state index contributed by atoms with van der Waals surface area (Å²) in [6, 6.07) is 7.47. The Morgan fingerprint density at radius 1 is 1.33 bits per heavy atom. The number of rotatable bonds is 6. The zero-order valence-electron chi connectivity index (χ0n) is 12.5. The first-order valence-corrected chi connectivity index (χ1v) is 9.78. The number of hydrogen-bond donors (Lipinski definition) is 2. The van der Waals surface area contributed by atoms with Crippen LogP contribution in [0.2, 0.25) is 0 Å². The first-order chi connectivity index (χ1) is 10.0. The summed E-state index contributed by atoms with van der Waals surface area (Å²) >= 11 is 1.59. The zero-order chi connectivity index (χ0) is 15.3. The Labute approximate surface area is 131 Å². The molecule has 0 aromatic heterocycles. The maximum absolute atomic E-state index is 12.4. The van der Waals surface area contributed by atoms with Crippen LogP contribution in [0.1, 0.15) is 12.8 Å². The molecular weight excluding hydrogens is 306 g/mol. The van der Waals surface area contributed by atoms with Crippen molar-refractivity contribution in [3.63, 3.8) is 0 Å². The second kappa shape index (κ2) is 7.49. The molecule has 2 N–H and O–H groups in total. The molecule has 2 rings (SSSR count). The molecule has 5 nitrogen and oxygen atoms in total. The molecule has 1 aromatic carbocycles. The Morgan fingerprint density at radius 2 is 2.05 bits per heavy atom. The van der Waals surface area contributed by atoms with Gasteiger partial charge in [-0.1, -0.05) is 6.07 Å². The van der Waals surface area contributed by atoms with Crippen LogP contribution >= 0.6 is 11.8 Å². The van der Waals surface area contributed by atoms with Gasteiger partial charge in [-0.3, -0.25) is 4.72 Å². The molecule has 0 bridgehead atoms. The van der Waals surface area contributed by atoms with Gasteiger partial charge >= 0.3 is 10.2 Å². The van der Waals surface area contributed by atoms with Gasteiger partial charge in [-0.05, 0) is 56.8 Å². The smallest absolute Gasteiger partial charge is 0.301 e. The molecule has 1 aliphatic rings. The van der Waals surface area contributed by atoms with Crippen molar-refractivity contribution in [2.75, 3.05) is 37.7 Å². The van der Waals surface area contributed by atoms with Gasteiger partial charge in [0.1, 0.15) is 0 Å². The van der Waals surface area contributed by atoms with Gasteiger partial charge < -0.3 is 5.32 Å². The summed E-state index contributed by atoms with van der Waals surface area (Å²) in [6.45, 7) is 2.13. The molecule has 0 unspecified atom stereocenters. The highest BCUT2D eigenvalue weighted by Crippen LogP contribution is 2.23. The van der Waals surface area contributed by atoms with E-state index in [0.717, 1.165) is 24.3 Å². The molecule has 1 aromatic rings. The van der Waals surface area contributed by atoms with Crippen molar-refractivity contribution in [1.29, 1.82) is 0 Å². The second-order valence-electron chi connectivity index (χ2n) is 5.24. The standard InChI is InChI=1S/C14H23N3O2S2/c1-15-11-12-6-8-17(9-7-12)21(18,19)16-13-4-3-5-14(10-13)20-2/h3-5,10,12,15-16H,6-9,11H2,1-2H3. The molecule has 0 amide bonds. The molecule has 118 valence electrons. The monoisotopic (exact) mass is 329 g/mol. The van der Waals surface area contributed by atoms with Gasteiger partial charge in [-0.15, -0.1) is 11.8 Å². The minimum atomic E-state index is -3.45. The number of hydrogen-bond acceptors (Lipinski definition) is 4. The summed E-state index contributed by atoms with van der Waals surface area (Å²) in [6.07, 6.45) is 3.79. The third-order valence-electron chi connectivity index (χ3n) is 3.72. The predicted octanol–water partition coefficient (Wildman–Crippen LogP) is 2.00. The van der Waals surface area contributed by atoms with Crippen LogP contribution in [0.25, 0.3) is 0 Å². The Morgan fingerprint density at radius 3 is 2.67 bits per heavy atom. The number of benzene rings is 1. The van der Waals surface area contributed by atoms with E-state index in [2.05, 4.69) is 10.0 Å². The molecule has 0 spiro atoms. The third kappa shape index (κ3) is 4.60. The maximum Gasteiger partial charge on any atom is 0.301 e. The average Bonchev–Trinajstić information content (AvgIpc) is 2.48. The minimum Gasteiger partial charge on any atom is -0.319 e. The average molecular weight is 329 g/mol. The van der Waals surface area contributed by atoms with Crippen LogP contribution in [0.3, 0.4) is 0 Å². The van der Waals surface area contributed by atoms with Gasteiger partial charge in [-0.25, -0.2) is 0 Å². The lowest BCUT2D eigenvalue weighted by molar-refractivity contribution is 0.272. The zero-order valence-corrected chi connectivity index (χ0v) is 14.1. The second-order valence-corrected chi connectivity index (χ2v) is 7.79. The van der Waals surface area contributed by atoms with Crippen LogP contribution in [0.5, 0.6) is 0 Å². The Hall–Kier alpha value is -0.760. The van der Waals surface area contributed by atoms with Crippen molar-refractivity contribution in [2.45, 2.75) is 17.7 Å². The highest BCUT2D eigenvalue weighted by Gasteiger charge is 2.27. The van der Waals surface area contributed by atoms with Gasteiger partial charge in [0.2, 0.25) is 0 Å². The first kappa shape index (κ1) is 16.6. The van der Waals surface area contributed by atoms with E-state index in [1.165, 1.54) is 0 Å². The summed E-state index contributed by atoms with van der Waals surface area (Å²) < 4.78 is 29.0. The van der Waals surface area contributed by atoms with E-state index in [4.69, 9.17) is 0 Å². The van der Waals surface area contributed by atoms with Crippen LogP contribution in [-0.4, -0.2) is 45.7 Å². The van der Waals surface area contributed by atoms with E-state index >= 15 is 0 Å². The van der Waals surface area contributed by atoms with Gasteiger partial charge in [0.25, 0.3) is 0 Å². The van der Waals surface area contributed by atoms with Crippen molar-refractivity contribution in [1.82, 2.24) is 9.62 Å². The lowest BCUT2D eigenvalue weighted by atomic mass is 9.98. The van der Waals surface area contributed by atoms with Crippen molar-refractivity contribution in [3.8, 4) is 0 Å². The van der Waals surface area contributed by atoms with Gasteiger partial charge in [0.15, 0.2) is 0 Å². The number of thioether (sulfide) groups is 1. The lowest BCUT2D eigenvalue weighted by Crippen LogP contribution is -2.43. The van der Waals surface area contributed by atoms with Gasteiger partial charge in [0.05, 0.1) is 5.69 Å². The van der Waals surface area contributed by atoms with Gasteiger partial charge in [0, 0.05) is 18.0 Å². The summed E-state index contributed by atoms with van der Waals surface area (Å²) in [7, 11) is -1.51. The van der Waals surface area contributed by atoms with Crippen molar-refractivity contribution >= 4 is 27.7 Å². The van der Waals surface area contributed by atoms with Crippen LogP contribution in [0.4, 0.5) is 5.69 Å². The molecule has 0 radical (unpaired) electrons. The molecule has 1 aliphatic heterocycles. The Bertz CT molecular complexity index is 555. The van der Waals surface area contributed by atoms with Crippen LogP contribution in [0, 0.1) is 5.92 Å². The summed E-state index contributed by atoms with van der Waals surface area (Å²) in [5, 5.41) is 3.16. The quantitative estimate of drug-likeness (QED) is 0.784. The molecule has 1 fully saturated rings. The number of nitrogens with zero attached hydrogens (tertiary/aromatic N) is 1. The highest BCUT2D eigenvalue weighted by atomic mass is 32.2. The fourth-order valence-electron chi connectivity index (χ4n) is 2.54. The molecule has 0 atom stereocenters. The number of anilines is 1. The van der Waals surface area contributed by atoms with Crippen LogP contribution in [0.15, 0.2) is 29.2 Å². The van der Waals surface area contributed by atoms with E-state index in [-0.39, 0.29) is 0 Å². The summed E-state index contributed by atoms with van der Waals surface area (Å²) in [4.78, 5) is 1.04. The highest BCUT2D eigenvalue weighted by molar-refractivity contribution is 7.98. The molecule has 1 saturated heterocycles. The summed E-state index contributed by atoms with van der Waals surface area (Å²) in [5.74, 6) is 0.571. The lowest BCUT2D eigenvalue weighted by Gasteiger charge is -2.31. The predicted molar refractivity (Wildman–Crippen MR) is 89.0 cm³/mol. The largest absolute Gasteiger partial charge is 0.319 e. The Balaban J connectivity index is 1.99.